The Morgan fingerprint density at radius 3 is 1.95 bits per heavy atom. The van der Waals surface area contributed by atoms with Crippen molar-refractivity contribution >= 4 is 23.5 Å². The van der Waals surface area contributed by atoms with Crippen LogP contribution in [0.4, 0.5) is 23.5 Å². The van der Waals surface area contributed by atoms with Gasteiger partial charge in [-0.05, 0) is 11.6 Å². The SMILES string of the molecule is Nc1nc(N=Nc2ncccn2)nc(N)c1-c1ccccc1. The molecule has 0 radical (unpaired) electrons. The highest BCUT2D eigenvalue weighted by Crippen LogP contribution is 2.30. The van der Waals surface area contributed by atoms with E-state index >= 15 is 0 Å². The van der Waals surface area contributed by atoms with Crippen molar-refractivity contribution in [3.63, 3.8) is 0 Å². The van der Waals surface area contributed by atoms with Gasteiger partial charge in [0.05, 0.1) is 5.56 Å². The van der Waals surface area contributed by atoms with Gasteiger partial charge >= 0.3 is 0 Å². The molecule has 0 aliphatic rings. The number of hydrogen-bond donors (Lipinski definition) is 2. The van der Waals surface area contributed by atoms with Crippen LogP contribution in [-0.2, 0) is 0 Å². The van der Waals surface area contributed by atoms with Crippen LogP contribution in [-0.4, -0.2) is 19.9 Å². The summed E-state index contributed by atoms with van der Waals surface area (Å²) in [5.74, 6) is 0.737. The van der Waals surface area contributed by atoms with Gasteiger partial charge in [-0.3, -0.25) is 0 Å². The van der Waals surface area contributed by atoms with Gasteiger partial charge in [-0.15, -0.1) is 10.2 Å². The van der Waals surface area contributed by atoms with Gasteiger partial charge in [-0.2, -0.15) is 9.97 Å². The van der Waals surface area contributed by atoms with E-state index < -0.39 is 0 Å². The molecule has 0 saturated carbocycles. The minimum Gasteiger partial charge on any atom is -0.383 e. The van der Waals surface area contributed by atoms with E-state index in [-0.39, 0.29) is 23.5 Å². The molecule has 4 N–H and O–H groups in total. The van der Waals surface area contributed by atoms with Crippen LogP contribution in [0.1, 0.15) is 0 Å². The van der Waals surface area contributed by atoms with E-state index in [0.717, 1.165) is 5.56 Å². The Morgan fingerprint density at radius 2 is 1.32 bits per heavy atom. The minimum absolute atomic E-state index is 0.0575. The second kappa shape index (κ2) is 5.92. The molecule has 2 aromatic heterocycles. The van der Waals surface area contributed by atoms with E-state index in [9.17, 15) is 0 Å². The van der Waals surface area contributed by atoms with Crippen LogP contribution in [0.2, 0.25) is 0 Å². The molecule has 0 aliphatic carbocycles. The van der Waals surface area contributed by atoms with Crippen molar-refractivity contribution in [2.75, 3.05) is 11.5 Å². The summed E-state index contributed by atoms with van der Waals surface area (Å²) in [5, 5.41) is 7.68. The van der Waals surface area contributed by atoms with Crippen LogP contribution < -0.4 is 11.5 Å². The number of hydrogen-bond acceptors (Lipinski definition) is 8. The molecule has 0 atom stereocenters. The number of rotatable bonds is 3. The lowest BCUT2D eigenvalue weighted by atomic mass is 10.1. The molecular formula is C14H12N8. The van der Waals surface area contributed by atoms with E-state index in [0.29, 0.717) is 5.56 Å². The van der Waals surface area contributed by atoms with E-state index in [1.165, 1.54) is 0 Å². The van der Waals surface area contributed by atoms with Crippen molar-refractivity contribution in [2.45, 2.75) is 0 Å². The van der Waals surface area contributed by atoms with E-state index in [1.807, 2.05) is 30.3 Å². The van der Waals surface area contributed by atoms with Gasteiger partial charge in [-0.1, -0.05) is 30.3 Å². The first-order chi connectivity index (χ1) is 10.7. The highest BCUT2D eigenvalue weighted by molar-refractivity contribution is 5.83. The van der Waals surface area contributed by atoms with Gasteiger partial charge in [0.2, 0.25) is 0 Å². The fourth-order valence-electron chi connectivity index (χ4n) is 1.86. The molecule has 8 heteroatoms. The van der Waals surface area contributed by atoms with Gasteiger partial charge in [0.1, 0.15) is 11.6 Å². The van der Waals surface area contributed by atoms with Crippen molar-refractivity contribution in [3.8, 4) is 11.1 Å². The fraction of sp³-hybridized carbons (Fsp3) is 0. The number of benzene rings is 1. The maximum absolute atomic E-state index is 5.96. The number of aromatic nitrogens is 4. The van der Waals surface area contributed by atoms with Gasteiger partial charge < -0.3 is 11.5 Å². The third kappa shape index (κ3) is 2.85. The monoisotopic (exact) mass is 292 g/mol. The molecule has 8 nitrogen and oxygen atoms in total. The lowest BCUT2D eigenvalue weighted by Crippen LogP contribution is -2.02. The average Bonchev–Trinajstić information content (AvgIpc) is 2.54. The first kappa shape index (κ1) is 13.6. The zero-order valence-electron chi connectivity index (χ0n) is 11.5. The minimum atomic E-state index is 0.0575. The Labute approximate surface area is 126 Å². The summed E-state index contributed by atoms with van der Waals surface area (Å²) in [6.07, 6.45) is 3.12. The lowest BCUT2D eigenvalue weighted by Gasteiger charge is -2.07. The smallest absolute Gasteiger partial charge is 0.272 e. The molecule has 0 spiro atoms. The molecule has 22 heavy (non-hydrogen) atoms. The molecule has 108 valence electrons. The predicted molar refractivity (Wildman–Crippen MR) is 82.5 cm³/mol. The van der Waals surface area contributed by atoms with Crippen molar-refractivity contribution in [1.82, 2.24) is 19.9 Å². The van der Waals surface area contributed by atoms with Crippen molar-refractivity contribution in [3.05, 3.63) is 48.8 Å². The van der Waals surface area contributed by atoms with Crippen LogP contribution in [0.3, 0.4) is 0 Å². The second-order valence-corrected chi connectivity index (χ2v) is 4.28. The Kier molecular flexibility index (Phi) is 3.65. The van der Waals surface area contributed by atoms with Crippen LogP contribution in [0.25, 0.3) is 11.1 Å². The molecule has 0 fully saturated rings. The molecule has 0 amide bonds. The van der Waals surface area contributed by atoms with Crippen molar-refractivity contribution < 1.29 is 0 Å². The second-order valence-electron chi connectivity index (χ2n) is 4.28. The van der Waals surface area contributed by atoms with E-state index in [4.69, 9.17) is 11.5 Å². The average molecular weight is 292 g/mol. The van der Waals surface area contributed by atoms with E-state index in [2.05, 4.69) is 30.2 Å². The standard InChI is InChI=1S/C14H12N8/c15-11-10(9-5-2-1-3-6-9)12(16)20-14(19-11)22-21-13-17-7-4-8-18-13/h1-8H,(H4,15,16,19,20). The molecule has 0 bridgehead atoms. The molecule has 3 aromatic rings. The largest absolute Gasteiger partial charge is 0.383 e. The highest BCUT2D eigenvalue weighted by Gasteiger charge is 2.11. The van der Waals surface area contributed by atoms with Gasteiger partial charge in [0, 0.05) is 12.4 Å². The van der Waals surface area contributed by atoms with Gasteiger partial charge in [0.15, 0.2) is 0 Å². The van der Waals surface area contributed by atoms with E-state index in [1.54, 1.807) is 18.5 Å². The summed E-state index contributed by atoms with van der Waals surface area (Å²) in [4.78, 5) is 16.0. The summed E-state index contributed by atoms with van der Waals surface area (Å²) in [7, 11) is 0. The number of nitrogens with zero attached hydrogens (tertiary/aromatic N) is 6. The first-order valence-corrected chi connectivity index (χ1v) is 6.41. The molecular weight excluding hydrogens is 280 g/mol. The molecule has 1 aromatic carbocycles. The third-order valence-electron chi connectivity index (χ3n) is 2.80. The highest BCUT2D eigenvalue weighted by atomic mass is 15.3. The zero-order valence-corrected chi connectivity index (χ0v) is 11.5. The summed E-state index contributed by atoms with van der Waals surface area (Å²) in [6.45, 7) is 0. The summed E-state index contributed by atoms with van der Waals surface area (Å²) >= 11 is 0. The predicted octanol–water partition coefficient (Wildman–Crippen LogP) is 2.51. The van der Waals surface area contributed by atoms with Gasteiger partial charge in [-0.25, -0.2) is 9.97 Å². The molecule has 0 aliphatic heterocycles. The van der Waals surface area contributed by atoms with Crippen LogP contribution in [0, 0.1) is 0 Å². The Bertz CT molecular complexity index is 779. The van der Waals surface area contributed by atoms with Crippen LogP contribution >= 0.6 is 0 Å². The number of nitrogens with two attached hydrogens (primary N) is 2. The Balaban J connectivity index is 1.95. The van der Waals surface area contributed by atoms with Gasteiger partial charge in [0.25, 0.3) is 11.9 Å². The molecule has 2 heterocycles. The molecule has 3 rings (SSSR count). The topological polar surface area (TPSA) is 128 Å². The van der Waals surface area contributed by atoms with Crippen LogP contribution in [0.15, 0.2) is 59.0 Å². The first-order valence-electron chi connectivity index (χ1n) is 6.41. The number of azo groups is 1. The quantitative estimate of drug-likeness (QED) is 0.713. The Morgan fingerprint density at radius 1 is 0.727 bits per heavy atom. The third-order valence-corrected chi connectivity index (χ3v) is 2.80. The van der Waals surface area contributed by atoms with Crippen molar-refractivity contribution in [2.24, 2.45) is 10.2 Å². The lowest BCUT2D eigenvalue weighted by molar-refractivity contribution is 1.02. The maximum Gasteiger partial charge on any atom is 0.272 e. The number of anilines is 2. The Hall–Kier alpha value is -3.42. The molecule has 0 unspecified atom stereocenters. The molecule has 0 saturated heterocycles. The fourth-order valence-corrected chi connectivity index (χ4v) is 1.86. The van der Waals surface area contributed by atoms with Crippen LogP contribution in [0.5, 0.6) is 0 Å². The summed E-state index contributed by atoms with van der Waals surface area (Å²) in [6, 6.07) is 11.1. The maximum atomic E-state index is 5.96. The summed E-state index contributed by atoms with van der Waals surface area (Å²) in [5.41, 5.74) is 13.3. The summed E-state index contributed by atoms with van der Waals surface area (Å²) < 4.78 is 0. The normalized spacial score (nSPS) is 10.9. The number of nitrogen functional groups attached to an aromatic ring is 2. The zero-order chi connectivity index (χ0) is 15.4. The van der Waals surface area contributed by atoms with Crippen molar-refractivity contribution in [1.29, 1.82) is 0 Å².